The summed E-state index contributed by atoms with van der Waals surface area (Å²) >= 11 is 0. The first-order valence-corrected chi connectivity index (χ1v) is 6.33. The van der Waals surface area contributed by atoms with Crippen LogP contribution in [0.25, 0.3) is 0 Å². The van der Waals surface area contributed by atoms with Crippen LogP contribution in [0.1, 0.15) is 24.4 Å². The zero-order valence-corrected chi connectivity index (χ0v) is 9.98. The summed E-state index contributed by atoms with van der Waals surface area (Å²) < 4.78 is 5.64. The number of nitrogens with zero attached hydrogens (tertiary/aromatic N) is 2. The molecule has 2 aliphatic heterocycles. The molecule has 1 aromatic heterocycles. The fourth-order valence-electron chi connectivity index (χ4n) is 2.99. The van der Waals surface area contributed by atoms with Gasteiger partial charge in [-0.15, -0.1) is 0 Å². The molecule has 0 spiro atoms. The molecule has 1 atom stereocenters. The minimum absolute atomic E-state index is 0.810. The maximum absolute atomic E-state index is 5.64. The number of hydrogen-bond donors (Lipinski definition) is 0. The van der Waals surface area contributed by atoms with E-state index in [4.69, 9.17) is 4.42 Å². The summed E-state index contributed by atoms with van der Waals surface area (Å²) in [6, 6.07) is 4.97. The second-order valence-electron chi connectivity index (χ2n) is 5.08. The molecule has 0 aromatic carbocycles. The molecular weight excluding hydrogens is 200 g/mol. The van der Waals surface area contributed by atoms with Crippen LogP contribution in [0.15, 0.2) is 16.5 Å². The first-order valence-electron chi connectivity index (χ1n) is 6.33. The number of fused-ring (bicyclic) bond motifs is 1. The van der Waals surface area contributed by atoms with E-state index in [2.05, 4.69) is 21.9 Å². The highest BCUT2D eigenvalue weighted by atomic mass is 16.3. The molecule has 16 heavy (non-hydrogen) atoms. The van der Waals surface area contributed by atoms with Crippen LogP contribution in [-0.2, 0) is 6.54 Å². The number of piperazine rings is 1. The van der Waals surface area contributed by atoms with Crippen LogP contribution in [-0.4, -0.2) is 42.0 Å². The number of aryl methyl sites for hydroxylation is 1. The molecule has 3 nitrogen and oxygen atoms in total. The van der Waals surface area contributed by atoms with Gasteiger partial charge in [-0.05, 0) is 38.4 Å². The van der Waals surface area contributed by atoms with Crippen LogP contribution in [0.4, 0.5) is 0 Å². The summed E-state index contributed by atoms with van der Waals surface area (Å²) in [7, 11) is 0. The largest absolute Gasteiger partial charge is 0.465 e. The van der Waals surface area contributed by atoms with E-state index in [0.717, 1.165) is 24.1 Å². The second kappa shape index (κ2) is 4.22. The molecule has 1 unspecified atom stereocenters. The predicted octanol–water partition coefficient (Wildman–Crippen LogP) is 1.87. The van der Waals surface area contributed by atoms with E-state index in [-0.39, 0.29) is 0 Å². The molecule has 2 saturated heterocycles. The third-order valence-corrected chi connectivity index (χ3v) is 3.85. The van der Waals surface area contributed by atoms with Gasteiger partial charge in [0.25, 0.3) is 0 Å². The SMILES string of the molecule is Cc1ccc(CN2CCN3CCCC3C2)o1. The van der Waals surface area contributed by atoms with E-state index >= 15 is 0 Å². The van der Waals surface area contributed by atoms with Gasteiger partial charge in [-0.2, -0.15) is 0 Å². The fraction of sp³-hybridized carbons (Fsp3) is 0.692. The molecule has 1 aromatic rings. The van der Waals surface area contributed by atoms with Crippen molar-refractivity contribution < 1.29 is 4.42 Å². The summed E-state index contributed by atoms with van der Waals surface area (Å²) in [6.45, 7) is 7.97. The molecule has 3 heteroatoms. The first-order chi connectivity index (χ1) is 7.81. The fourth-order valence-corrected chi connectivity index (χ4v) is 2.99. The number of rotatable bonds is 2. The lowest BCUT2D eigenvalue weighted by molar-refractivity contribution is 0.0939. The topological polar surface area (TPSA) is 19.6 Å². The standard InChI is InChI=1S/C13H20N2O/c1-11-4-5-13(16-11)10-14-7-8-15-6-2-3-12(15)9-14/h4-5,12H,2-3,6-10H2,1H3. The Kier molecular flexibility index (Phi) is 2.74. The lowest BCUT2D eigenvalue weighted by Gasteiger charge is -2.37. The lowest BCUT2D eigenvalue weighted by atomic mass is 10.1. The van der Waals surface area contributed by atoms with Gasteiger partial charge < -0.3 is 4.42 Å². The smallest absolute Gasteiger partial charge is 0.118 e. The average molecular weight is 220 g/mol. The van der Waals surface area contributed by atoms with Crippen LogP contribution in [0.2, 0.25) is 0 Å². The average Bonchev–Trinajstić information content (AvgIpc) is 2.87. The molecule has 88 valence electrons. The number of furan rings is 1. The van der Waals surface area contributed by atoms with Gasteiger partial charge in [-0.25, -0.2) is 0 Å². The minimum atomic E-state index is 0.810. The van der Waals surface area contributed by atoms with Crippen molar-refractivity contribution in [2.75, 3.05) is 26.2 Å². The van der Waals surface area contributed by atoms with Gasteiger partial charge >= 0.3 is 0 Å². The van der Waals surface area contributed by atoms with Gasteiger partial charge in [0, 0.05) is 25.7 Å². The quantitative estimate of drug-likeness (QED) is 0.758. The molecule has 0 saturated carbocycles. The maximum atomic E-state index is 5.64. The van der Waals surface area contributed by atoms with Crippen molar-refractivity contribution in [2.45, 2.75) is 32.4 Å². The Labute approximate surface area is 97.0 Å². The Bertz CT molecular complexity index is 361. The van der Waals surface area contributed by atoms with E-state index in [1.54, 1.807) is 0 Å². The highest BCUT2D eigenvalue weighted by molar-refractivity contribution is 5.05. The molecule has 0 amide bonds. The Hall–Kier alpha value is -0.800. The molecule has 3 heterocycles. The normalized spacial score (nSPS) is 27.2. The maximum Gasteiger partial charge on any atom is 0.118 e. The minimum Gasteiger partial charge on any atom is -0.465 e. The van der Waals surface area contributed by atoms with E-state index in [1.807, 2.05) is 6.92 Å². The molecule has 2 fully saturated rings. The van der Waals surface area contributed by atoms with Crippen LogP contribution in [0.3, 0.4) is 0 Å². The molecule has 3 rings (SSSR count). The Balaban J connectivity index is 1.60. The van der Waals surface area contributed by atoms with Crippen molar-refractivity contribution in [1.82, 2.24) is 9.80 Å². The molecule has 0 radical (unpaired) electrons. The Morgan fingerprint density at radius 1 is 1.31 bits per heavy atom. The third kappa shape index (κ3) is 2.02. The van der Waals surface area contributed by atoms with Crippen molar-refractivity contribution in [2.24, 2.45) is 0 Å². The van der Waals surface area contributed by atoms with Crippen molar-refractivity contribution in [3.05, 3.63) is 23.7 Å². The zero-order chi connectivity index (χ0) is 11.0. The van der Waals surface area contributed by atoms with Gasteiger partial charge in [-0.3, -0.25) is 9.80 Å². The van der Waals surface area contributed by atoms with E-state index in [9.17, 15) is 0 Å². The molecular formula is C13H20N2O. The van der Waals surface area contributed by atoms with E-state index in [0.29, 0.717) is 0 Å². The van der Waals surface area contributed by atoms with Gasteiger partial charge in [0.05, 0.1) is 6.54 Å². The predicted molar refractivity (Wildman–Crippen MR) is 63.3 cm³/mol. The van der Waals surface area contributed by atoms with Crippen LogP contribution in [0, 0.1) is 6.92 Å². The zero-order valence-electron chi connectivity index (χ0n) is 9.98. The summed E-state index contributed by atoms with van der Waals surface area (Å²) in [5.74, 6) is 2.14. The lowest BCUT2D eigenvalue weighted by Crippen LogP contribution is -2.49. The summed E-state index contributed by atoms with van der Waals surface area (Å²) in [5.41, 5.74) is 0. The summed E-state index contributed by atoms with van der Waals surface area (Å²) in [5, 5.41) is 0. The van der Waals surface area contributed by atoms with Gasteiger partial charge in [0.1, 0.15) is 11.5 Å². The third-order valence-electron chi connectivity index (χ3n) is 3.85. The molecule has 0 N–H and O–H groups in total. The second-order valence-corrected chi connectivity index (χ2v) is 5.08. The van der Waals surface area contributed by atoms with Gasteiger partial charge in [-0.1, -0.05) is 0 Å². The van der Waals surface area contributed by atoms with Crippen LogP contribution < -0.4 is 0 Å². The highest BCUT2D eigenvalue weighted by Crippen LogP contribution is 2.22. The van der Waals surface area contributed by atoms with Gasteiger partial charge in [0.2, 0.25) is 0 Å². The Morgan fingerprint density at radius 2 is 2.25 bits per heavy atom. The summed E-state index contributed by atoms with van der Waals surface area (Å²) in [4.78, 5) is 5.18. The van der Waals surface area contributed by atoms with Crippen molar-refractivity contribution in [3.8, 4) is 0 Å². The van der Waals surface area contributed by atoms with Crippen molar-refractivity contribution in [1.29, 1.82) is 0 Å². The summed E-state index contributed by atoms with van der Waals surface area (Å²) in [6.07, 6.45) is 2.77. The van der Waals surface area contributed by atoms with Crippen LogP contribution >= 0.6 is 0 Å². The monoisotopic (exact) mass is 220 g/mol. The first kappa shape index (κ1) is 10.4. The van der Waals surface area contributed by atoms with E-state index in [1.165, 1.54) is 39.0 Å². The Morgan fingerprint density at radius 3 is 3.06 bits per heavy atom. The van der Waals surface area contributed by atoms with E-state index < -0.39 is 0 Å². The van der Waals surface area contributed by atoms with Crippen LogP contribution in [0.5, 0.6) is 0 Å². The molecule has 0 bridgehead atoms. The molecule has 0 aliphatic carbocycles. The number of hydrogen-bond acceptors (Lipinski definition) is 3. The van der Waals surface area contributed by atoms with Crippen molar-refractivity contribution >= 4 is 0 Å². The highest BCUT2D eigenvalue weighted by Gasteiger charge is 2.30. The van der Waals surface area contributed by atoms with Crippen molar-refractivity contribution in [3.63, 3.8) is 0 Å². The molecule has 2 aliphatic rings. The van der Waals surface area contributed by atoms with Gasteiger partial charge in [0.15, 0.2) is 0 Å².